The summed E-state index contributed by atoms with van der Waals surface area (Å²) in [5.74, 6) is 1.23. The number of benzene rings is 1. The summed E-state index contributed by atoms with van der Waals surface area (Å²) in [5, 5.41) is 1.21. The second-order valence-corrected chi connectivity index (χ2v) is 9.39. The van der Waals surface area contributed by atoms with Crippen LogP contribution < -0.4 is 0 Å². The van der Waals surface area contributed by atoms with Crippen molar-refractivity contribution in [2.45, 2.75) is 41.9 Å². The Morgan fingerprint density at radius 2 is 2.18 bits per heavy atom. The molecule has 1 heterocycles. The average molecular weight is 315 g/mol. The van der Waals surface area contributed by atoms with Gasteiger partial charge in [-0.2, -0.15) is 0 Å². The molecule has 1 aliphatic rings. The first-order valence-corrected chi connectivity index (χ1v) is 9.29. The van der Waals surface area contributed by atoms with Crippen molar-refractivity contribution in [3.05, 3.63) is 35.9 Å². The number of hydrogen-bond donors (Lipinski definition) is 0. The molecule has 1 aromatic carbocycles. The van der Waals surface area contributed by atoms with E-state index in [2.05, 4.69) is 44.2 Å². The molecule has 0 unspecified atom stereocenters. The molecule has 1 nitrogen and oxygen atoms in total. The molecule has 17 heavy (non-hydrogen) atoms. The van der Waals surface area contributed by atoms with Crippen molar-refractivity contribution in [2.24, 2.45) is 0 Å². The van der Waals surface area contributed by atoms with Gasteiger partial charge in [-0.05, 0) is 0 Å². The van der Waals surface area contributed by atoms with Crippen LogP contribution in [0, 0.1) is 0 Å². The van der Waals surface area contributed by atoms with E-state index in [0.29, 0.717) is 21.1 Å². The van der Waals surface area contributed by atoms with Crippen molar-refractivity contribution in [1.82, 2.24) is 0 Å². The molecular formula is C14H20OSSe. The monoisotopic (exact) mass is 316 g/mol. The van der Waals surface area contributed by atoms with E-state index < -0.39 is 0 Å². The standard InChI is InChI=1S/C14H20OSSe/c1-3-4-10-16-14(2)15-13(11-17-14)12-8-6-5-7-9-12/h5-9,13H,3-4,10-11H2,1-2H3/t13-,14+/m1/s1. The van der Waals surface area contributed by atoms with Gasteiger partial charge in [-0.1, -0.05) is 0 Å². The van der Waals surface area contributed by atoms with Crippen LogP contribution in [0.5, 0.6) is 0 Å². The first kappa shape index (κ1) is 13.5. The summed E-state index contributed by atoms with van der Waals surface area (Å²) in [6, 6.07) is 10.6. The molecule has 0 aliphatic carbocycles. The summed E-state index contributed by atoms with van der Waals surface area (Å²) in [5.41, 5.74) is 1.34. The van der Waals surface area contributed by atoms with Crippen LogP contribution in [-0.4, -0.2) is 24.5 Å². The van der Waals surface area contributed by atoms with Gasteiger partial charge >= 0.3 is 115 Å². The molecule has 0 radical (unpaired) electrons. The Balaban J connectivity index is 1.90. The van der Waals surface area contributed by atoms with E-state index >= 15 is 0 Å². The number of ether oxygens (including phenoxy) is 1. The van der Waals surface area contributed by atoms with Crippen LogP contribution in [0.4, 0.5) is 0 Å². The molecule has 0 spiro atoms. The summed E-state index contributed by atoms with van der Waals surface area (Å²) in [6.45, 7) is 4.52. The fourth-order valence-corrected chi connectivity index (χ4v) is 6.22. The van der Waals surface area contributed by atoms with Gasteiger partial charge in [0.25, 0.3) is 0 Å². The van der Waals surface area contributed by atoms with Crippen molar-refractivity contribution in [3.63, 3.8) is 0 Å². The minimum atomic E-state index is 0.0999. The van der Waals surface area contributed by atoms with E-state index in [1.54, 1.807) is 0 Å². The number of rotatable bonds is 5. The zero-order valence-corrected chi connectivity index (χ0v) is 13.0. The molecule has 0 bridgehead atoms. The molecule has 1 aliphatic heterocycles. The quantitative estimate of drug-likeness (QED) is 0.598. The Morgan fingerprint density at radius 3 is 2.88 bits per heavy atom. The molecule has 0 N–H and O–H groups in total. The summed E-state index contributed by atoms with van der Waals surface area (Å²) < 4.78 is 6.37. The molecule has 1 saturated heterocycles. The molecule has 1 aromatic rings. The summed E-state index contributed by atoms with van der Waals surface area (Å²) in [6.07, 6.45) is 2.91. The SMILES string of the molecule is CCCCS[C@]1(C)O[C@@H](c2ccccc2)C[Se]1. The minimum absolute atomic E-state index is 0.0999. The van der Waals surface area contributed by atoms with E-state index in [1.807, 2.05) is 11.8 Å². The van der Waals surface area contributed by atoms with Gasteiger partial charge < -0.3 is 0 Å². The predicted molar refractivity (Wildman–Crippen MR) is 76.6 cm³/mol. The van der Waals surface area contributed by atoms with E-state index in [0.717, 1.165) is 0 Å². The molecule has 0 amide bonds. The fourth-order valence-electron chi connectivity index (χ4n) is 1.86. The van der Waals surface area contributed by atoms with E-state index in [-0.39, 0.29) is 3.83 Å². The normalized spacial score (nSPS) is 28.5. The zero-order valence-electron chi connectivity index (χ0n) is 10.5. The Hall–Kier alpha value is 0.0495. The molecular weight excluding hydrogens is 295 g/mol. The average Bonchev–Trinajstić information content (AvgIpc) is 2.74. The van der Waals surface area contributed by atoms with Gasteiger partial charge in [0.2, 0.25) is 0 Å². The summed E-state index contributed by atoms with van der Waals surface area (Å²) in [4.78, 5) is 0. The Morgan fingerprint density at radius 1 is 1.41 bits per heavy atom. The molecule has 94 valence electrons. The zero-order chi connectivity index (χ0) is 12.1. The third-order valence-corrected chi connectivity index (χ3v) is 7.64. The number of thioether (sulfide) groups is 1. The van der Waals surface area contributed by atoms with Crippen LogP contribution >= 0.6 is 11.8 Å². The first-order chi connectivity index (χ1) is 8.23. The summed E-state index contributed by atoms with van der Waals surface area (Å²) in [7, 11) is 0. The van der Waals surface area contributed by atoms with Crippen LogP contribution in [0.2, 0.25) is 5.32 Å². The molecule has 0 aromatic heterocycles. The molecule has 1 fully saturated rings. The van der Waals surface area contributed by atoms with Gasteiger partial charge in [-0.25, -0.2) is 0 Å². The molecule has 2 atom stereocenters. The van der Waals surface area contributed by atoms with Crippen LogP contribution in [0.15, 0.2) is 30.3 Å². The van der Waals surface area contributed by atoms with Gasteiger partial charge in [0, 0.05) is 0 Å². The van der Waals surface area contributed by atoms with Crippen LogP contribution in [0.3, 0.4) is 0 Å². The Bertz CT molecular complexity index is 343. The molecule has 3 heteroatoms. The van der Waals surface area contributed by atoms with E-state index in [9.17, 15) is 0 Å². The van der Waals surface area contributed by atoms with Crippen molar-refractivity contribution in [3.8, 4) is 0 Å². The van der Waals surface area contributed by atoms with Crippen molar-refractivity contribution >= 4 is 26.7 Å². The second kappa shape index (κ2) is 6.28. The topological polar surface area (TPSA) is 9.23 Å². The van der Waals surface area contributed by atoms with Gasteiger partial charge in [0.05, 0.1) is 0 Å². The third-order valence-electron chi connectivity index (χ3n) is 2.89. The van der Waals surface area contributed by atoms with Crippen LogP contribution in [0.25, 0.3) is 0 Å². The van der Waals surface area contributed by atoms with Gasteiger partial charge in [0.1, 0.15) is 0 Å². The van der Waals surface area contributed by atoms with Gasteiger partial charge in [-0.15, -0.1) is 0 Å². The van der Waals surface area contributed by atoms with Crippen molar-refractivity contribution in [1.29, 1.82) is 0 Å². The molecule has 0 saturated carbocycles. The van der Waals surface area contributed by atoms with Gasteiger partial charge in [0.15, 0.2) is 0 Å². The first-order valence-electron chi connectivity index (χ1n) is 6.24. The maximum atomic E-state index is 6.27. The van der Waals surface area contributed by atoms with Gasteiger partial charge in [-0.3, -0.25) is 0 Å². The van der Waals surface area contributed by atoms with Crippen LogP contribution in [0.1, 0.15) is 38.4 Å². The number of hydrogen-bond acceptors (Lipinski definition) is 2. The number of unbranched alkanes of at least 4 members (excludes halogenated alkanes) is 1. The second-order valence-electron chi connectivity index (χ2n) is 4.39. The maximum absolute atomic E-state index is 6.27. The van der Waals surface area contributed by atoms with Crippen molar-refractivity contribution < 1.29 is 4.74 Å². The predicted octanol–water partition coefficient (Wildman–Crippen LogP) is 4.09. The van der Waals surface area contributed by atoms with E-state index in [4.69, 9.17) is 4.74 Å². The fraction of sp³-hybridized carbons (Fsp3) is 0.571. The van der Waals surface area contributed by atoms with Crippen LogP contribution in [-0.2, 0) is 4.74 Å². The third kappa shape index (κ3) is 3.75. The Labute approximate surface area is 115 Å². The molecule has 2 rings (SSSR count). The summed E-state index contributed by atoms with van der Waals surface area (Å²) >= 11 is 2.60. The Kier molecular flexibility index (Phi) is 4.98. The van der Waals surface area contributed by atoms with E-state index in [1.165, 1.54) is 29.5 Å². The van der Waals surface area contributed by atoms with Crippen molar-refractivity contribution in [2.75, 3.05) is 5.75 Å².